The van der Waals surface area contributed by atoms with Crippen molar-refractivity contribution in [1.82, 2.24) is 10.2 Å². The highest BCUT2D eigenvalue weighted by molar-refractivity contribution is 9.10. The lowest BCUT2D eigenvalue weighted by Crippen LogP contribution is -2.53. The van der Waals surface area contributed by atoms with Crippen molar-refractivity contribution in [3.05, 3.63) is 123 Å². The van der Waals surface area contributed by atoms with Crippen LogP contribution in [0, 0.1) is 0 Å². The normalized spacial score (nSPS) is 11.8. The van der Waals surface area contributed by atoms with Crippen molar-refractivity contribution in [2.24, 2.45) is 0 Å². The van der Waals surface area contributed by atoms with Crippen LogP contribution in [0.1, 0.15) is 25.0 Å². The predicted octanol–water partition coefficient (Wildman–Crippen LogP) is 7.13. The second-order valence-electron chi connectivity index (χ2n) is 10.2. The van der Waals surface area contributed by atoms with E-state index in [0.29, 0.717) is 39.0 Å². The lowest BCUT2D eigenvalue weighted by Gasteiger charge is -2.34. The van der Waals surface area contributed by atoms with Crippen LogP contribution in [0.15, 0.2) is 106 Å². The molecule has 242 valence electrons. The van der Waals surface area contributed by atoms with E-state index in [1.54, 1.807) is 61.5 Å². The zero-order chi connectivity index (χ0) is 33.3. The zero-order valence-electron chi connectivity index (χ0n) is 25.3. The highest BCUT2D eigenvalue weighted by Crippen LogP contribution is 2.30. The van der Waals surface area contributed by atoms with Crippen LogP contribution in [0.25, 0.3) is 0 Å². The Hall–Kier alpha value is -3.57. The van der Waals surface area contributed by atoms with Crippen molar-refractivity contribution in [1.29, 1.82) is 0 Å². The number of hydrogen-bond donors (Lipinski definition) is 1. The molecule has 0 saturated carbocycles. The van der Waals surface area contributed by atoms with Crippen LogP contribution in [-0.4, -0.2) is 50.9 Å². The number of rotatable bonds is 14. The fraction of sp³-hybridized carbons (Fsp3) is 0.235. The highest BCUT2D eigenvalue weighted by Gasteiger charge is 2.35. The molecule has 4 rings (SSSR count). The number of sulfonamides is 1. The molecule has 0 aliphatic heterocycles. The first-order valence-corrected chi connectivity index (χ1v) is 17.6. The maximum Gasteiger partial charge on any atom is 0.264 e. The van der Waals surface area contributed by atoms with Crippen LogP contribution in [0.5, 0.6) is 5.75 Å². The summed E-state index contributed by atoms with van der Waals surface area (Å²) >= 11 is 16.4. The Morgan fingerprint density at radius 2 is 1.50 bits per heavy atom. The minimum atomic E-state index is -4.26. The average Bonchev–Trinajstić information content (AvgIpc) is 3.04. The molecule has 0 unspecified atom stereocenters. The van der Waals surface area contributed by atoms with Crippen molar-refractivity contribution in [2.75, 3.05) is 24.0 Å². The topological polar surface area (TPSA) is 96.0 Å². The molecular weight excluding hydrogens is 713 g/mol. The van der Waals surface area contributed by atoms with Gasteiger partial charge in [-0.3, -0.25) is 13.9 Å². The Morgan fingerprint density at radius 1 is 0.870 bits per heavy atom. The Kier molecular flexibility index (Phi) is 12.5. The van der Waals surface area contributed by atoms with E-state index in [1.165, 1.54) is 17.0 Å². The third-order valence-electron chi connectivity index (χ3n) is 7.13. The van der Waals surface area contributed by atoms with Gasteiger partial charge >= 0.3 is 0 Å². The molecular formula is C34H34BrCl2N3O5S. The fourth-order valence-corrected chi connectivity index (χ4v) is 7.03. The summed E-state index contributed by atoms with van der Waals surface area (Å²) in [6, 6.07) is 25.8. The third kappa shape index (κ3) is 8.82. The maximum absolute atomic E-state index is 14.5. The van der Waals surface area contributed by atoms with Crippen molar-refractivity contribution in [3.63, 3.8) is 0 Å². The largest absolute Gasteiger partial charge is 0.494 e. The molecule has 0 radical (unpaired) electrons. The number of amides is 2. The summed E-state index contributed by atoms with van der Waals surface area (Å²) in [7, 11) is -4.26. The number of nitrogens with one attached hydrogen (secondary N) is 1. The van der Waals surface area contributed by atoms with Gasteiger partial charge in [-0.25, -0.2) is 8.42 Å². The molecule has 0 fully saturated rings. The number of nitrogens with zero attached hydrogens (tertiary/aromatic N) is 2. The van der Waals surface area contributed by atoms with Crippen LogP contribution >= 0.6 is 39.1 Å². The molecule has 0 heterocycles. The highest BCUT2D eigenvalue weighted by atomic mass is 79.9. The number of carbonyl (C=O) groups excluding carboxylic acids is 2. The molecule has 0 spiro atoms. The molecule has 0 aromatic heterocycles. The van der Waals surface area contributed by atoms with Crippen LogP contribution in [-0.2, 0) is 32.6 Å². The number of halogens is 3. The number of carbonyl (C=O) groups is 2. The Labute approximate surface area is 288 Å². The van der Waals surface area contributed by atoms with Gasteiger partial charge in [-0.1, -0.05) is 75.5 Å². The summed E-state index contributed by atoms with van der Waals surface area (Å²) in [6.45, 7) is 3.64. The van der Waals surface area contributed by atoms with Crippen LogP contribution in [0.3, 0.4) is 0 Å². The number of ether oxygens (including phenoxy) is 1. The van der Waals surface area contributed by atoms with Crippen molar-refractivity contribution in [2.45, 2.75) is 37.8 Å². The summed E-state index contributed by atoms with van der Waals surface area (Å²) in [5.74, 6) is -0.475. The van der Waals surface area contributed by atoms with Crippen LogP contribution in [0.4, 0.5) is 5.69 Å². The summed E-state index contributed by atoms with van der Waals surface area (Å²) in [4.78, 5) is 29.5. The van der Waals surface area contributed by atoms with Gasteiger partial charge in [-0.15, -0.1) is 0 Å². The molecule has 12 heteroatoms. The number of hydrogen-bond acceptors (Lipinski definition) is 5. The van der Waals surface area contributed by atoms with Gasteiger partial charge in [0.05, 0.1) is 17.2 Å². The Balaban J connectivity index is 1.82. The van der Waals surface area contributed by atoms with E-state index < -0.39 is 34.4 Å². The fourth-order valence-electron chi connectivity index (χ4n) is 4.84. The molecule has 46 heavy (non-hydrogen) atoms. The molecule has 0 bridgehead atoms. The molecule has 8 nitrogen and oxygen atoms in total. The molecule has 4 aromatic carbocycles. The molecule has 0 aliphatic carbocycles. The van der Waals surface area contributed by atoms with E-state index in [1.807, 2.05) is 37.3 Å². The first-order valence-electron chi connectivity index (χ1n) is 14.6. The van der Waals surface area contributed by atoms with Crippen molar-refractivity contribution in [3.8, 4) is 5.75 Å². The summed E-state index contributed by atoms with van der Waals surface area (Å²) < 4.78 is 35.6. The lowest BCUT2D eigenvalue weighted by molar-refractivity contribution is -0.140. The van der Waals surface area contributed by atoms with Gasteiger partial charge in [-0.2, -0.15) is 0 Å². The van der Waals surface area contributed by atoms with Crippen LogP contribution < -0.4 is 14.4 Å². The predicted molar refractivity (Wildman–Crippen MR) is 186 cm³/mol. The molecule has 4 aromatic rings. The van der Waals surface area contributed by atoms with Gasteiger partial charge in [0.2, 0.25) is 11.8 Å². The second-order valence-corrected chi connectivity index (χ2v) is 13.8. The first-order chi connectivity index (χ1) is 22.0. The van der Waals surface area contributed by atoms with E-state index in [4.69, 9.17) is 27.9 Å². The monoisotopic (exact) mass is 745 g/mol. The number of likely N-dealkylation sites (N-methyl/N-ethyl adjacent to an activating group) is 1. The minimum Gasteiger partial charge on any atom is -0.494 e. The summed E-state index contributed by atoms with van der Waals surface area (Å²) in [6.07, 6.45) is 0.170. The van der Waals surface area contributed by atoms with Gasteiger partial charge in [0.25, 0.3) is 10.0 Å². The smallest absolute Gasteiger partial charge is 0.264 e. The molecule has 1 atom stereocenters. The summed E-state index contributed by atoms with van der Waals surface area (Å²) in [5.41, 5.74) is 1.49. The molecule has 0 aliphatic rings. The lowest BCUT2D eigenvalue weighted by atomic mass is 10.0. The number of anilines is 1. The van der Waals surface area contributed by atoms with Gasteiger partial charge < -0.3 is 15.0 Å². The van der Waals surface area contributed by atoms with Crippen molar-refractivity contribution >= 4 is 66.7 Å². The van der Waals surface area contributed by atoms with Gasteiger partial charge in [0.15, 0.2) is 0 Å². The van der Waals surface area contributed by atoms with E-state index >= 15 is 0 Å². The van der Waals surface area contributed by atoms with Gasteiger partial charge in [0.1, 0.15) is 18.3 Å². The Morgan fingerprint density at radius 3 is 2.09 bits per heavy atom. The SMILES string of the molecule is CCNC(=O)[C@H](Cc1ccccc1)N(Cc1c(Cl)cccc1Cl)C(=O)CN(c1ccc(OCC)cc1)S(=O)(=O)c1ccc(Br)cc1. The Bertz CT molecular complexity index is 1720. The zero-order valence-corrected chi connectivity index (χ0v) is 29.2. The van der Waals surface area contributed by atoms with E-state index in [-0.39, 0.29) is 23.5 Å². The van der Waals surface area contributed by atoms with E-state index in [0.717, 1.165) is 9.87 Å². The quantitative estimate of drug-likeness (QED) is 0.148. The first kappa shape index (κ1) is 35.3. The third-order valence-corrected chi connectivity index (χ3v) is 10.2. The van der Waals surface area contributed by atoms with E-state index in [2.05, 4.69) is 21.2 Å². The van der Waals surface area contributed by atoms with Crippen LogP contribution in [0.2, 0.25) is 10.0 Å². The second kappa shape index (κ2) is 16.3. The summed E-state index contributed by atoms with van der Waals surface area (Å²) in [5, 5.41) is 3.45. The molecule has 2 amide bonds. The molecule has 1 N–H and O–H groups in total. The minimum absolute atomic E-state index is 0.0114. The van der Waals surface area contributed by atoms with E-state index in [9.17, 15) is 18.0 Å². The average molecular weight is 748 g/mol. The maximum atomic E-state index is 14.5. The van der Waals surface area contributed by atoms with Gasteiger partial charge in [-0.05, 0) is 80.1 Å². The van der Waals surface area contributed by atoms with Crippen molar-refractivity contribution < 1.29 is 22.7 Å². The molecule has 0 saturated heterocycles. The van der Waals surface area contributed by atoms with Gasteiger partial charge in [0, 0.05) is 39.6 Å². The number of benzene rings is 4. The standard InChI is InChI=1S/C34H34BrCl2N3O5S/c1-3-38-34(42)32(21-24-9-6-5-7-10-24)39(22-29-30(36)11-8-12-31(29)37)33(41)23-40(26-15-17-27(18-16-26)45-4-2)46(43,44)28-19-13-25(35)14-20-28/h5-20,32H,3-4,21-23H2,1-2H3,(H,38,42)/t32-/m0/s1.